The molecule has 0 saturated heterocycles. The van der Waals surface area contributed by atoms with Crippen LogP contribution in [0.3, 0.4) is 0 Å². The molecule has 0 spiro atoms. The van der Waals surface area contributed by atoms with E-state index in [1.54, 1.807) is 32.4 Å². The monoisotopic (exact) mass is 433 g/mol. The molecule has 3 heterocycles. The number of rotatable bonds is 4. The number of carbonyl (C=O) groups excluding carboxylic acids is 1. The van der Waals surface area contributed by atoms with Crippen molar-refractivity contribution in [1.29, 1.82) is 0 Å². The molecular weight excluding hydrogens is 410 g/mol. The summed E-state index contributed by atoms with van der Waals surface area (Å²) in [4.78, 5) is 26.9. The predicted molar refractivity (Wildman–Crippen MR) is 121 cm³/mol. The van der Waals surface area contributed by atoms with E-state index in [0.717, 1.165) is 35.1 Å². The fraction of sp³-hybridized carbons (Fsp3) is 0.261. The van der Waals surface area contributed by atoms with Crippen LogP contribution in [0.15, 0.2) is 30.3 Å². The number of aromatic nitrogens is 3. The minimum Gasteiger partial charge on any atom is -0.493 e. The minimum atomic E-state index is -0.357. The maximum atomic E-state index is 12.0. The van der Waals surface area contributed by atoms with E-state index >= 15 is 0 Å². The summed E-state index contributed by atoms with van der Waals surface area (Å²) in [5.74, 6) is 1.72. The number of benzene rings is 2. The van der Waals surface area contributed by atoms with Gasteiger partial charge in [0.05, 0.1) is 32.4 Å². The molecular formula is C23H23N5O4. The van der Waals surface area contributed by atoms with Crippen molar-refractivity contribution in [3.8, 4) is 11.5 Å². The van der Waals surface area contributed by atoms with E-state index in [0.29, 0.717) is 46.3 Å². The summed E-state index contributed by atoms with van der Waals surface area (Å²) in [5.41, 5.74) is 10.7. The average Bonchev–Trinajstić information content (AvgIpc) is 3.19. The number of hydrogen-bond donors (Lipinski definition) is 2. The first-order valence-electron chi connectivity index (χ1n) is 10.2. The number of fused-ring (bicyclic) bond motifs is 4. The van der Waals surface area contributed by atoms with Crippen molar-refractivity contribution in [2.45, 2.75) is 13.0 Å². The summed E-state index contributed by atoms with van der Waals surface area (Å²) in [6, 6.07) is 9.14. The fourth-order valence-electron chi connectivity index (χ4n) is 4.24. The van der Waals surface area contributed by atoms with Crippen LogP contribution in [0.5, 0.6) is 11.5 Å². The molecule has 164 valence electrons. The van der Waals surface area contributed by atoms with Crippen LogP contribution in [0.2, 0.25) is 0 Å². The van der Waals surface area contributed by atoms with E-state index in [1.807, 2.05) is 12.1 Å². The maximum Gasteiger partial charge on any atom is 0.337 e. The Hall–Kier alpha value is -4.01. The van der Waals surface area contributed by atoms with E-state index in [1.165, 1.54) is 7.11 Å². The smallest absolute Gasteiger partial charge is 0.337 e. The van der Waals surface area contributed by atoms with Crippen LogP contribution < -0.4 is 20.1 Å². The van der Waals surface area contributed by atoms with Crippen LogP contribution in [-0.4, -0.2) is 48.8 Å². The Morgan fingerprint density at radius 1 is 1.06 bits per heavy atom. The number of H-pyrrole nitrogens is 1. The van der Waals surface area contributed by atoms with Crippen LogP contribution >= 0.6 is 0 Å². The summed E-state index contributed by atoms with van der Waals surface area (Å²) < 4.78 is 15.7. The molecule has 3 N–H and O–H groups in total. The van der Waals surface area contributed by atoms with Gasteiger partial charge in [0, 0.05) is 53.1 Å². The molecule has 5 rings (SSSR count). The van der Waals surface area contributed by atoms with E-state index in [4.69, 9.17) is 24.9 Å². The second kappa shape index (κ2) is 7.60. The standard InChI is InChI=1S/C23H23N5O4/c1-30-19-9-14-18(10-20(19)31-2)26-23(27-21(14)24)28-7-6-17-15(11-28)13-8-12(22(29)32-3)4-5-16(13)25-17/h4-5,8-10,25H,6-7,11H2,1-3H3,(H2,24,26,27). The van der Waals surface area contributed by atoms with Gasteiger partial charge in [-0.15, -0.1) is 0 Å². The van der Waals surface area contributed by atoms with E-state index in [2.05, 4.69) is 14.9 Å². The molecule has 32 heavy (non-hydrogen) atoms. The molecule has 0 unspecified atom stereocenters. The number of aromatic amines is 1. The fourth-order valence-corrected chi connectivity index (χ4v) is 4.24. The summed E-state index contributed by atoms with van der Waals surface area (Å²) in [6.07, 6.45) is 0.796. The Bertz CT molecular complexity index is 1360. The quantitative estimate of drug-likeness (QED) is 0.472. The summed E-state index contributed by atoms with van der Waals surface area (Å²) in [5, 5.41) is 1.70. The van der Waals surface area contributed by atoms with Gasteiger partial charge >= 0.3 is 5.97 Å². The van der Waals surface area contributed by atoms with E-state index in [-0.39, 0.29) is 5.97 Å². The first-order valence-corrected chi connectivity index (χ1v) is 10.2. The molecule has 4 aromatic rings. The van der Waals surface area contributed by atoms with Crippen LogP contribution in [0, 0.1) is 0 Å². The third kappa shape index (κ3) is 3.13. The van der Waals surface area contributed by atoms with Gasteiger partial charge < -0.3 is 29.8 Å². The summed E-state index contributed by atoms with van der Waals surface area (Å²) >= 11 is 0. The number of nitrogens with one attached hydrogen (secondary N) is 1. The van der Waals surface area contributed by atoms with Crippen molar-refractivity contribution in [2.24, 2.45) is 0 Å². The van der Waals surface area contributed by atoms with E-state index < -0.39 is 0 Å². The van der Waals surface area contributed by atoms with Gasteiger partial charge in [0.15, 0.2) is 11.5 Å². The van der Waals surface area contributed by atoms with Crippen molar-refractivity contribution in [1.82, 2.24) is 15.0 Å². The Morgan fingerprint density at radius 3 is 2.59 bits per heavy atom. The second-order valence-corrected chi connectivity index (χ2v) is 7.64. The van der Waals surface area contributed by atoms with Gasteiger partial charge in [0.1, 0.15) is 5.82 Å². The number of nitrogen functional groups attached to an aromatic ring is 1. The lowest BCUT2D eigenvalue weighted by atomic mass is 10.0. The lowest BCUT2D eigenvalue weighted by molar-refractivity contribution is 0.0601. The third-order valence-electron chi connectivity index (χ3n) is 5.90. The molecule has 9 heteroatoms. The number of nitrogens with zero attached hydrogens (tertiary/aromatic N) is 3. The molecule has 0 bridgehead atoms. The van der Waals surface area contributed by atoms with Crippen molar-refractivity contribution >= 4 is 39.5 Å². The highest BCUT2D eigenvalue weighted by atomic mass is 16.5. The zero-order valence-electron chi connectivity index (χ0n) is 18.1. The van der Waals surface area contributed by atoms with Crippen molar-refractivity contribution in [3.05, 3.63) is 47.2 Å². The topological polar surface area (TPSA) is 116 Å². The average molecular weight is 433 g/mol. The third-order valence-corrected chi connectivity index (χ3v) is 5.90. The minimum absolute atomic E-state index is 0.357. The largest absolute Gasteiger partial charge is 0.493 e. The molecule has 1 aliphatic heterocycles. The van der Waals surface area contributed by atoms with Gasteiger partial charge in [-0.2, -0.15) is 4.98 Å². The SMILES string of the molecule is COC(=O)c1ccc2[nH]c3c(c2c1)CN(c1nc(N)c2cc(OC)c(OC)cc2n1)CC3. The maximum absolute atomic E-state index is 12.0. The Morgan fingerprint density at radius 2 is 1.84 bits per heavy atom. The highest BCUT2D eigenvalue weighted by Gasteiger charge is 2.24. The summed E-state index contributed by atoms with van der Waals surface area (Å²) in [6.45, 7) is 1.33. The van der Waals surface area contributed by atoms with Crippen LogP contribution in [0.25, 0.3) is 21.8 Å². The van der Waals surface area contributed by atoms with Gasteiger partial charge in [-0.25, -0.2) is 9.78 Å². The molecule has 0 saturated carbocycles. The van der Waals surface area contributed by atoms with Gasteiger partial charge in [0.25, 0.3) is 0 Å². The van der Waals surface area contributed by atoms with Gasteiger partial charge in [-0.3, -0.25) is 0 Å². The number of methoxy groups -OCH3 is 3. The van der Waals surface area contributed by atoms with Crippen molar-refractivity contribution in [2.75, 3.05) is 38.5 Å². The number of nitrogens with two attached hydrogens (primary N) is 1. The van der Waals surface area contributed by atoms with Crippen LogP contribution in [0.1, 0.15) is 21.6 Å². The molecule has 0 atom stereocenters. The van der Waals surface area contributed by atoms with Gasteiger partial charge in [-0.05, 0) is 24.3 Å². The zero-order valence-corrected chi connectivity index (χ0v) is 18.1. The molecule has 0 radical (unpaired) electrons. The number of carbonyl (C=O) groups is 1. The van der Waals surface area contributed by atoms with Gasteiger partial charge in [0.2, 0.25) is 5.95 Å². The highest BCUT2D eigenvalue weighted by Crippen LogP contribution is 2.35. The lowest BCUT2D eigenvalue weighted by Gasteiger charge is -2.27. The van der Waals surface area contributed by atoms with E-state index in [9.17, 15) is 4.79 Å². The Kier molecular flexibility index (Phi) is 4.73. The second-order valence-electron chi connectivity index (χ2n) is 7.64. The Labute approximate surface area is 184 Å². The molecule has 0 amide bonds. The summed E-state index contributed by atoms with van der Waals surface area (Å²) in [7, 11) is 4.54. The number of ether oxygens (including phenoxy) is 3. The number of hydrogen-bond acceptors (Lipinski definition) is 8. The van der Waals surface area contributed by atoms with Crippen molar-refractivity contribution in [3.63, 3.8) is 0 Å². The molecule has 2 aromatic heterocycles. The molecule has 0 aliphatic carbocycles. The number of anilines is 2. The lowest BCUT2D eigenvalue weighted by Crippen LogP contribution is -2.31. The normalized spacial score (nSPS) is 13.3. The molecule has 0 fully saturated rings. The predicted octanol–water partition coefficient (Wildman–Crippen LogP) is 3.06. The zero-order chi connectivity index (χ0) is 22.4. The highest BCUT2D eigenvalue weighted by molar-refractivity contribution is 5.96. The van der Waals surface area contributed by atoms with Crippen LogP contribution in [0.4, 0.5) is 11.8 Å². The molecule has 9 nitrogen and oxygen atoms in total. The molecule has 1 aliphatic rings. The van der Waals surface area contributed by atoms with Crippen LogP contribution in [-0.2, 0) is 17.7 Å². The van der Waals surface area contributed by atoms with Crippen molar-refractivity contribution < 1.29 is 19.0 Å². The number of esters is 1. The first-order chi connectivity index (χ1) is 15.5. The van der Waals surface area contributed by atoms with Gasteiger partial charge in [-0.1, -0.05) is 0 Å². The Balaban J connectivity index is 1.55. The first kappa shape index (κ1) is 19.9. The molecule has 2 aromatic carbocycles.